The first kappa shape index (κ1) is 11.9. The monoisotopic (exact) mass is 224 g/mol. The Labute approximate surface area is 94.2 Å². The van der Waals surface area contributed by atoms with Crippen LogP contribution in [0, 0.1) is 0 Å². The van der Waals surface area contributed by atoms with Crippen LogP contribution < -0.4 is 11.5 Å². The van der Waals surface area contributed by atoms with Crippen molar-refractivity contribution in [2.75, 3.05) is 5.73 Å². The van der Waals surface area contributed by atoms with E-state index >= 15 is 0 Å². The van der Waals surface area contributed by atoms with E-state index in [0.717, 1.165) is 11.3 Å². The number of hydrogen-bond donors (Lipinski definition) is 2. The number of carbonyl (C=O) groups excluding carboxylic acids is 1. The lowest BCUT2D eigenvalue weighted by molar-refractivity contribution is 0.100. The Kier molecular flexibility index (Phi) is 4.03. The summed E-state index contributed by atoms with van der Waals surface area (Å²) in [5.74, 6) is -0.443. The van der Waals surface area contributed by atoms with Crippen molar-refractivity contribution < 1.29 is 4.79 Å². The lowest BCUT2D eigenvalue weighted by Crippen LogP contribution is -2.11. The van der Waals surface area contributed by atoms with Crippen LogP contribution in [-0.4, -0.2) is 11.2 Å². The molecule has 15 heavy (non-hydrogen) atoms. The fourth-order valence-corrected chi connectivity index (χ4v) is 2.05. The largest absolute Gasteiger partial charge is 0.398 e. The van der Waals surface area contributed by atoms with Gasteiger partial charge in [0.05, 0.1) is 0 Å². The molecular weight excluding hydrogens is 208 g/mol. The van der Waals surface area contributed by atoms with E-state index < -0.39 is 5.91 Å². The number of hydrogen-bond acceptors (Lipinski definition) is 3. The zero-order valence-corrected chi connectivity index (χ0v) is 9.80. The predicted molar refractivity (Wildman–Crippen MR) is 65.0 cm³/mol. The molecule has 0 fully saturated rings. The third-order valence-electron chi connectivity index (χ3n) is 2.20. The van der Waals surface area contributed by atoms with Crippen molar-refractivity contribution in [2.45, 2.75) is 30.4 Å². The molecule has 4 heteroatoms. The highest BCUT2D eigenvalue weighted by Gasteiger charge is 2.07. The van der Waals surface area contributed by atoms with E-state index in [0.29, 0.717) is 16.5 Å². The standard InChI is InChI=1S/C11H16N2OS/c1-3-7(2)15-10-5-4-8(11(13)14)6-9(10)12/h4-7H,3,12H2,1-2H3,(H2,13,14). The van der Waals surface area contributed by atoms with Gasteiger partial charge in [-0.2, -0.15) is 0 Å². The summed E-state index contributed by atoms with van der Waals surface area (Å²) in [4.78, 5) is 11.9. The Hall–Kier alpha value is -1.16. The zero-order chi connectivity index (χ0) is 11.4. The maximum Gasteiger partial charge on any atom is 0.248 e. The maximum atomic E-state index is 10.9. The van der Waals surface area contributed by atoms with Gasteiger partial charge in [-0.1, -0.05) is 13.8 Å². The Balaban J connectivity index is 2.88. The summed E-state index contributed by atoms with van der Waals surface area (Å²) >= 11 is 1.71. The molecule has 4 N–H and O–H groups in total. The van der Waals surface area contributed by atoms with E-state index in [4.69, 9.17) is 11.5 Å². The van der Waals surface area contributed by atoms with Crippen LogP contribution >= 0.6 is 11.8 Å². The normalized spacial score (nSPS) is 12.4. The number of benzene rings is 1. The Morgan fingerprint density at radius 3 is 2.67 bits per heavy atom. The minimum atomic E-state index is -0.443. The molecule has 82 valence electrons. The van der Waals surface area contributed by atoms with E-state index in [2.05, 4.69) is 13.8 Å². The molecule has 1 amide bonds. The fraction of sp³-hybridized carbons (Fsp3) is 0.364. The first-order valence-corrected chi connectivity index (χ1v) is 5.78. The molecule has 1 aromatic carbocycles. The second kappa shape index (κ2) is 5.07. The quantitative estimate of drug-likeness (QED) is 0.609. The molecule has 0 saturated carbocycles. The van der Waals surface area contributed by atoms with Gasteiger partial charge in [-0.05, 0) is 24.6 Å². The molecule has 0 heterocycles. The number of nitrogen functional groups attached to an aromatic ring is 1. The first-order valence-electron chi connectivity index (χ1n) is 4.90. The van der Waals surface area contributed by atoms with E-state index in [-0.39, 0.29) is 0 Å². The number of amides is 1. The summed E-state index contributed by atoms with van der Waals surface area (Å²) in [7, 11) is 0. The molecule has 1 aromatic rings. The van der Waals surface area contributed by atoms with Gasteiger partial charge in [-0.3, -0.25) is 4.79 Å². The number of nitrogens with two attached hydrogens (primary N) is 2. The summed E-state index contributed by atoms with van der Waals surface area (Å²) < 4.78 is 0. The van der Waals surface area contributed by atoms with Crippen molar-refractivity contribution in [1.82, 2.24) is 0 Å². The van der Waals surface area contributed by atoms with Crippen molar-refractivity contribution >= 4 is 23.4 Å². The molecule has 1 atom stereocenters. The van der Waals surface area contributed by atoms with Crippen LogP contribution in [0.5, 0.6) is 0 Å². The van der Waals surface area contributed by atoms with Crippen LogP contribution in [0.1, 0.15) is 30.6 Å². The van der Waals surface area contributed by atoms with Gasteiger partial charge in [0.25, 0.3) is 0 Å². The lowest BCUT2D eigenvalue weighted by atomic mass is 10.2. The fourth-order valence-electron chi connectivity index (χ4n) is 1.11. The smallest absolute Gasteiger partial charge is 0.248 e. The van der Waals surface area contributed by atoms with Crippen molar-refractivity contribution in [1.29, 1.82) is 0 Å². The molecule has 0 aromatic heterocycles. The van der Waals surface area contributed by atoms with Crippen LogP contribution in [0.4, 0.5) is 5.69 Å². The molecule has 3 nitrogen and oxygen atoms in total. The third kappa shape index (κ3) is 3.16. The van der Waals surface area contributed by atoms with Crippen molar-refractivity contribution in [2.24, 2.45) is 5.73 Å². The van der Waals surface area contributed by atoms with Crippen LogP contribution in [-0.2, 0) is 0 Å². The predicted octanol–water partition coefficient (Wildman–Crippen LogP) is 2.26. The van der Waals surface area contributed by atoms with Crippen LogP contribution in [0.3, 0.4) is 0 Å². The number of rotatable bonds is 4. The molecule has 0 spiro atoms. The molecular formula is C11H16N2OS. The second-order valence-electron chi connectivity index (χ2n) is 3.45. The van der Waals surface area contributed by atoms with E-state index in [1.54, 1.807) is 23.9 Å². The van der Waals surface area contributed by atoms with Crippen LogP contribution in [0.15, 0.2) is 23.1 Å². The minimum absolute atomic E-state index is 0.443. The Bertz CT molecular complexity index is 366. The lowest BCUT2D eigenvalue weighted by Gasteiger charge is -2.10. The van der Waals surface area contributed by atoms with Crippen LogP contribution in [0.2, 0.25) is 0 Å². The first-order chi connectivity index (χ1) is 7.04. The van der Waals surface area contributed by atoms with Gasteiger partial charge in [0, 0.05) is 21.4 Å². The Morgan fingerprint density at radius 1 is 1.53 bits per heavy atom. The van der Waals surface area contributed by atoms with E-state index in [1.165, 1.54) is 0 Å². The number of thioether (sulfide) groups is 1. The van der Waals surface area contributed by atoms with Crippen LogP contribution in [0.25, 0.3) is 0 Å². The number of anilines is 1. The summed E-state index contributed by atoms with van der Waals surface area (Å²) in [6.07, 6.45) is 1.08. The minimum Gasteiger partial charge on any atom is -0.398 e. The Morgan fingerprint density at radius 2 is 2.20 bits per heavy atom. The van der Waals surface area contributed by atoms with Gasteiger partial charge < -0.3 is 11.5 Å². The van der Waals surface area contributed by atoms with Gasteiger partial charge in [-0.25, -0.2) is 0 Å². The zero-order valence-electron chi connectivity index (χ0n) is 8.99. The highest BCUT2D eigenvalue weighted by molar-refractivity contribution is 8.00. The highest BCUT2D eigenvalue weighted by Crippen LogP contribution is 2.30. The molecule has 0 aliphatic carbocycles. The summed E-state index contributed by atoms with van der Waals surface area (Å²) in [5.41, 5.74) is 12.1. The highest BCUT2D eigenvalue weighted by atomic mass is 32.2. The van der Waals surface area contributed by atoms with Gasteiger partial charge in [-0.15, -0.1) is 11.8 Å². The molecule has 0 aliphatic rings. The SMILES string of the molecule is CCC(C)Sc1ccc(C(N)=O)cc1N. The summed E-state index contributed by atoms with van der Waals surface area (Å²) in [6, 6.07) is 5.20. The molecule has 0 aliphatic heterocycles. The van der Waals surface area contributed by atoms with Gasteiger partial charge in [0.15, 0.2) is 0 Å². The second-order valence-corrected chi connectivity index (χ2v) is 4.93. The average molecular weight is 224 g/mol. The third-order valence-corrected chi connectivity index (χ3v) is 3.56. The van der Waals surface area contributed by atoms with Crippen molar-refractivity contribution in [3.05, 3.63) is 23.8 Å². The number of carbonyl (C=O) groups is 1. The average Bonchev–Trinajstić information content (AvgIpc) is 2.20. The topological polar surface area (TPSA) is 69.1 Å². The maximum absolute atomic E-state index is 10.9. The number of primary amides is 1. The molecule has 0 saturated heterocycles. The van der Waals surface area contributed by atoms with Gasteiger partial charge >= 0.3 is 0 Å². The van der Waals surface area contributed by atoms with Gasteiger partial charge in [0.2, 0.25) is 5.91 Å². The van der Waals surface area contributed by atoms with E-state index in [1.807, 2.05) is 6.07 Å². The van der Waals surface area contributed by atoms with Crippen molar-refractivity contribution in [3.63, 3.8) is 0 Å². The van der Waals surface area contributed by atoms with Crippen molar-refractivity contribution in [3.8, 4) is 0 Å². The molecule has 0 radical (unpaired) electrons. The summed E-state index contributed by atoms with van der Waals surface area (Å²) in [5, 5.41) is 0.520. The van der Waals surface area contributed by atoms with Gasteiger partial charge in [0.1, 0.15) is 0 Å². The molecule has 1 rings (SSSR count). The summed E-state index contributed by atoms with van der Waals surface area (Å²) in [6.45, 7) is 4.28. The molecule has 1 unspecified atom stereocenters. The van der Waals surface area contributed by atoms with E-state index in [9.17, 15) is 4.79 Å². The molecule has 0 bridgehead atoms.